The molecule has 1 amide bonds. The second-order valence-corrected chi connectivity index (χ2v) is 8.22. The van der Waals surface area contributed by atoms with Crippen LogP contribution in [0.1, 0.15) is 60.8 Å². The van der Waals surface area contributed by atoms with Crippen LogP contribution < -0.4 is 0 Å². The monoisotopic (exact) mass is 398 g/mol. The van der Waals surface area contributed by atoms with Gasteiger partial charge >= 0.3 is 0 Å². The summed E-state index contributed by atoms with van der Waals surface area (Å²) in [5, 5.41) is 1.52. The zero-order chi connectivity index (χ0) is 20.4. The highest BCUT2D eigenvalue weighted by atomic mass is 19.1. The number of halogens is 1. The molecule has 1 aliphatic carbocycles. The maximum atomic E-state index is 14.0. The van der Waals surface area contributed by atoms with Gasteiger partial charge in [-0.1, -0.05) is 0 Å². The second-order valence-electron chi connectivity index (χ2n) is 8.22. The average Bonchev–Trinajstić information content (AvgIpc) is 3.21. The van der Waals surface area contributed by atoms with Gasteiger partial charge in [0.25, 0.3) is 0 Å². The first-order valence-corrected chi connectivity index (χ1v) is 10.4. The number of aryl methyl sites for hydroxylation is 2. The van der Waals surface area contributed by atoms with Crippen molar-refractivity contribution in [1.29, 1.82) is 0 Å². The lowest BCUT2D eigenvalue weighted by Crippen LogP contribution is -2.37. The number of nitrogens with zero attached hydrogens (tertiary/aromatic N) is 4. The lowest BCUT2D eigenvalue weighted by Gasteiger charge is -2.31. The van der Waals surface area contributed by atoms with E-state index >= 15 is 0 Å². The summed E-state index contributed by atoms with van der Waals surface area (Å²) in [6.07, 6.45) is 9.65. The van der Waals surface area contributed by atoms with Crippen LogP contribution in [0.3, 0.4) is 0 Å². The SMILES string of the molecule is Cc1cnc([C@@H]2CCON2C(=O)C2CCC(Cc3cc(C)ncc3F)CC2)cn1. The molecule has 2 aliphatic rings. The van der Waals surface area contributed by atoms with E-state index in [1.165, 1.54) is 11.3 Å². The standard InChI is InChI=1S/C22H27FN4O2/c1-14-9-18(19(23)12-24-14)10-16-3-5-17(6-4-16)22(28)27-21(7-8-29-27)20-13-25-15(2)11-26-20/h9,11-13,16-17,21H,3-8,10H2,1-2H3/t16?,17?,21-/m0/s1. The molecule has 1 saturated carbocycles. The maximum Gasteiger partial charge on any atom is 0.249 e. The highest BCUT2D eigenvalue weighted by Gasteiger charge is 2.38. The Kier molecular flexibility index (Phi) is 5.85. The van der Waals surface area contributed by atoms with Crippen LogP contribution in [-0.4, -0.2) is 32.5 Å². The van der Waals surface area contributed by atoms with Gasteiger partial charge in [0.2, 0.25) is 5.91 Å². The van der Waals surface area contributed by atoms with Crippen LogP contribution in [0.5, 0.6) is 0 Å². The topological polar surface area (TPSA) is 68.2 Å². The van der Waals surface area contributed by atoms with Gasteiger partial charge in [-0.3, -0.25) is 24.6 Å². The Morgan fingerprint density at radius 1 is 1.07 bits per heavy atom. The molecule has 2 aromatic rings. The zero-order valence-electron chi connectivity index (χ0n) is 17.0. The third-order valence-electron chi connectivity index (χ3n) is 6.04. The Bertz CT molecular complexity index is 866. The van der Waals surface area contributed by atoms with Gasteiger partial charge in [0.1, 0.15) is 11.9 Å². The molecule has 2 aromatic heterocycles. The smallest absolute Gasteiger partial charge is 0.249 e. The van der Waals surface area contributed by atoms with E-state index in [9.17, 15) is 9.18 Å². The molecule has 0 radical (unpaired) electrons. The van der Waals surface area contributed by atoms with Crippen LogP contribution in [0, 0.1) is 31.5 Å². The molecule has 1 saturated heterocycles. The fourth-order valence-corrected chi connectivity index (χ4v) is 4.39. The minimum Gasteiger partial charge on any atom is -0.272 e. The summed E-state index contributed by atoms with van der Waals surface area (Å²) in [7, 11) is 0. The number of rotatable bonds is 4. The van der Waals surface area contributed by atoms with Gasteiger partial charge in [-0.15, -0.1) is 0 Å². The molecule has 1 aliphatic heterocycles. The number of carbonyl (C=O) groups is 1. The van der Waals surface area contributed by atoms with E-state index < -0.39 is 0 Å². The van der Waals surface area contributed by atoms with Crippen molar-refractivity contribution in [2.75, 3.05) is 6.61 Å². The van der Waals surface area contributed by atoms with Gasteiger partial charge in [-0.2, -0.15) is 0 Å². The number of hydrogen-bond donors (Lipinski definition) is 0. The molecule has 0 N–H and O–H groups in total. The molecule has 0 bridgehead atoms. The first-order chi connectivity index (χ1) is 14.0. The van der Waals surface area contributed by atoms with Gasteiger partial charge in [-0.25, -0.2) is 9.45 Å². The first kappa shape index (κ1) is 19.9. The van der Waals surface area contributed by atoms with Crippen molar-refractivity contribution in [2.24, 2.45) is 11.8 Å². The Hall–Kier alpha value is -2.41. The summed E-state index contributed by atoms with van der Waals surface area (Å²) in [5.41, 5.74) is 3.19. The number of amides is 1. The van der Waals surface area contributed by atoms with E-state index in [0.29, 0.717) is 18.9 Å². The van der Waals surface area contributed by atoms with E-state index in [0.717, 1.165) is 54.7 Å². The van der Waals surface area contributed by atoms with Crippen molar-refractivity contribution < 1.29 is 14.0 Å². The van der Waals surface area contributed by atoms with Crippen molar-refractivity contribution in [3.63, 3.8) is 0 Å². The van der Waals surface area contributed by atoms with Crippen LogP contribution in [-0.2, 0) is 16.1 Å². The van der Waals surface area contributed by atoms with Gasteiger partial charge in [0, 0.05) is 24.2 Å². The normalized spacial score (nSPS) is 24.7. The third-order valence-corrected chi connectivity index (χ3v) is 6.04. The molecular weight excluding hydrogens is 371 g/mol. The number of carbonyl (C=O) groups excluding carboxylic acids is 1. The number of pyridine rings is 1. The summed E-state index contributed by atoms with van der Waals surface area (Å²) in [5.74, 6) is 0.156. The van der Waals surface area contributed by atoms with Crippen LogP contribution >= 0.6 is 0 Å². The van der Waals surface area contributed by atoms with Crippen LogP contribution in [0.25, 0.3) is 0 Å². The van der Waals surface area contributed by atoms with Crippen molar-refractivity contribution in [2.45, 2.75) is 58.4 Å². The van der Waals surface area contributed by atoms with Gasteiger partial charge in [0.15, 0.2) is 0 Å². The Balaban J connectivity index is 1.36. The molecular formula is C22H27FN4O2. The van der Waals surface area contributed by atoms with Crippen molar-refractivity contribution in [3.05, 3.63) is 53.1 Å². The Morgan fingerprint density at radius 3 is 2.55 bits per heavy atom. The second kappa shape index (κ2) is 8.53. The molecule has 154 valence electrons. The van der Waals surface area contributed by atoms with Crippen molar-refractivity contribution in [3.8, 4) is 0 Å². The predicted octanol–water partition coefficient (Wildman–Crippen LogP) is 3.88. The summed E-state index contributed by atoms with van der Waals surface area (Å²) in [6.45, 7) is 4.29. The molecule has 0 spiro atoms. The largest absolute Gasteiger partial charge is 0.272 e. The molecule has 2 fully saturated rings. The van der Waals surface area contributed by atoms with Gasteiger partial charge < -0.3 is 0 Å². The molecule has 1 atom stereocenters. The molecule has 6 nitrogen and oxygen atoms in total. The number of hydrogen-bond acceptors (Lipinski definition) is 5. The highest BCUT2D eigenvalue weighted by Crippen LogP contribution is 2.36. The Labute approximate surface area is 170 Å². The van der Waals surface area contributed by atoms with E-state index in [1.807, 2.05) is 19.9 Å². The molecule has 4 rings (SSSR count). The fourth-order valence-electron chi connectivity index (χ4n) is 4.39. The predicted molar refractivity (Wildman–Crippen MR) is 105 cm³/mol. The zero-order valence-corrected chi connectivity index (χ0v) is 17.0. The van der Waals surface area contributed by atoms with Crippen molar-refractivity contribution in [1.82, 2.24) is 20.0 Å². The fraction of sp³-hybridized carbons (Fsp3) is 0.545. The van der Waals surface area contributed by atoms with Crippen LogP contribution in [0.15, 0.2) is 24.7 Å². The number of hydroxylamine groups is 2. The third kappa shape index (κ3) is 4.45. The minimum absolute atomic E-state index is 0.0410. The molecule has 0 aromatic carbocycles. The molecule has 7 heteroatoms. The summed E-state index contributed by atoms with van der Waals surface area (Å²) < 4.78 is 14.0. The van der Waals surface area contributed by atoms with Gasteiger partial charge in [0.05, 0.1) is 30.4 Å². The summed E-state index contributed by atoms with van der Waals surface area (Å²) in [4.78, 5) is 31.5. The molecule has 0 unspecified atom stereocenters. The highest BCUT2D eigenvalue weighted by molar-refractivity contribution is 5.78. The quantitative estimate of drug-likeness (QED) is 0.782. The average molecular weight is 398 g/mol. The minimum atomic E-state index is -0.235. The summed E-state index contributed by atoms with van der Waals surface area (Å²) in [6, 6.07) is 1.67. The Morgan fingerprint density at radius 2 is 1.83 bits per heavy atom. The lowest BCUT2D eigenvalue weighted by molar-refractivity contribution is -0.183. The molecule has 3 heterocycles. The van der Waals surface area contributed by atoms with Crippen LogP contribution in [0.4, 0.5) is 4.39 Å². The van der Waals surface area contributed by atoms with E-state index in [-0.39, 0.29) is 23.7 Å². The van der Waals surface area contributed by atoms with E-state index in [2.05, 4.69) is 15.0 Å². The maximum absolute atomic E-state index is 14.0. The van der Waals surface area contributed by atoms with Crippen molar-refractivity contribution >= 4 is 5.91 Å². The summed E-state index contributed by atoms with van der Waals surface area (Å²) >= 11 is 0. The lowest BCUT2D eigenvalue weighted by atomic mass is 9.78. The molecule has 29 heavy (non-hydrogen) atoms. The van der Waals surface area contributed by atoms with Crippen LogP contribution in [0.2, 0.25) is 0 Å². The number of aromatic nitrogens is 3. The first-order valence-electron chi connectivity index (χ1n) is 10.4. The van der Waals surface area contributed by atoms with Gasteiger partial charge in [-0.05, 0) is 63.5 Å². The van der Waals surface area contributed by atoms with E-state index in [1.54, 1.807) is 12.4 Å². The van der Waals surface area contributed by atoms with E-state index in [4.69, 9.17) is 4.84 Å².